The molecule has 11 heavy (non-hydrogen) atoms. The molecule has 0 atom stereocenters. The summed E-state index contributed by atoms with van der Waals surface area (Å²) in [5.74, 6) is 0. The van der Waals surface area contributed by atoms with Crippen molar-refractivity contribution >= 4 is 18.9 Å². The highest BCUT2D eigenvalue weighted by atomic mass is 32.1. The number of thiol groups is 1. The van der Waals surface area contributed by atoms with Crippen LogP contribution in [0, 0.1) is 0 Å². The van der Waals surface area contributed by atoms with Crippen LogP contribution in [-0.2, 0) is 6.54 Å². The highest BCUT2D eigenvalue weighted by Gasteiger charge is 2.05. The largest absolute Gasteiger partial charge is 0.321 e. The second-order valence-corrected chi connectivity index (χ2v) is 3.13. The fourth-order valence-corrected chi connectivity index (χ4v) is 1.45. The Morgan fingerprint density at radius 1 is 1.27 bits per heavy atom. The van der Waals surface area contributed by atoms with Gasteiger partial charge >= 0.3 is 0 Å². The van der Waals surface area contributed by atoms with Gasteiger partial charge in [-0.2, -0.15) is 0 Å². The minimum absolute atomic E-state index is 0.899. The maximum Gasteiger partial charge on any atom is 0.0543 e. The van der Waals surface area contributed by atoms with Crippen LogP contribution in [0.4, 0.5) is 0 Å². The molecule has 0 amide bonds. The fraction of sp³-hybridized carbons (Fsp3) is 0.111. The molecule has 1 aromatic rings. The summed E-state index contributed by atoms with van der Waals surface area (Å²) < 4.78 is 1.88. The molecule has 2 rings (SSSR count). The van der Waals surface area contributed by atoms with Crippen molar-refractivity contribution in [3.8, 4) is 0 Å². The van der Waals surface area contributed by atoms with E-state index in [2.05, 4.69) is 43.2 Å². The molecular weight excluding hydrogens is 154 g/mol. The summed E-state index contributed by atoms with van der Waals surface area (Å²) in [6.45, 7) is 0.899. The third-order valence-corrected chi connectivity index (χ3v) is 2.09. The van der Waals surface area contributed by atoms with Gasteiger partial charge in [-0.05, 0) is 17.2 Å². The van der Waals surface area contributed by atoms with Crippen molar-refractivity contribution in [3.63, 3.8) is 0 Å². The van der Waals surface area contributed by atoms with Gasteiger partial charge in [0.1, 0.15) is 0 Å². The molecule has 1 aromatic carbocycles. The van der Waals surface area contributed by atoms with E-state index < -0.39 is 0 Å². The van der Waals surface area contributed by atoms with E-state index in [0.717, 1.165) is 6.54 Å². The number of hydrogen-bond acceptors (Lipinski definition) is 2. The number of fused-ring (bicyclic) bond motifs is 1. The number of hydrogen-bond donors (Lipinski definition) is 1. The Balaban J connectivity index is 2.46. The zero-order chi connectivity index (χ0) is 7.68. The average Bonchev–Trinajstić information content (AvgIpc) is 2.04. The molecule has 0 saturated heterocycles. The predicted molar refractivity (Wildman–Crippen MR) is 50.0 cm³/mol. The predicted octanol–water partition coefficient (Wildman–Crippen LogP) is 2.32. The lowest BCUT2D eigenvalue weighted by molar-refractivity contribution is 0.621. The van der Waals surface area contributed by atoms with E-state index in [1.165, 1.54) is 11.1 Å². The van der Waals surface area contributed by atoms with Gasteiger partial charge in [-0.15, -0.1) is 0 Å². The van der Waals surface area contributed by atoms with E-state index in [1.54, 1.807) is 0 Å². The van der Waals surface area contributed by atoms with E-state index in [-0.39, 0.29) is 0 Å². The Hall–Kier alpha value is -0.890. The molecule has 0 unspecified atom stereocenters. The lowest BCUT2D eigenvalue weighted by atomic mass is 10.1. The molecule has 2 heteroatoms. The van der Waals surface area contributed by atoms with Crippen molar-refractivity contribution < 1.29 is 0 Å². The van der Waals surface area contributed by atoms with Gasteiger partial charge in [-0.3, -0.25) is 0 Å². The average molecular weight is 163 g/mol. The second-order valence-electron chi connectivity index (χ2n) is 2.61. The SMILES string of the molecule is SN1C=Cc2ccccc2C1. The van der Waals surface area contributed by atoms with Crippen LogP contribution in [0.1, 0.15) is 11.1 Å². The maximum absolute atomic E-state index is 4.23. The zero-order valence-electron chi connectivity index (χ0n) is 6.07. The van der Waals surface area contributed by atoms with E-state index in [1.807, 2.05) is 10.5 Å². The second kappa shape index (κ2) is 2.62. The standard InChI is InChI=1S/C9H9NS/c11-10-6-5-8-3-1-2-4-9(8)7-10/h1-6,11H,7H2. The van der Waals surface area contributed by atoms with Gasteiger partial charge in [0.25, 0.3) is 0 Å². The first-order chi connectivity index (χ1) is 5.36. The Morgan fingerprint density at radius 3 is 3.00 bits per heavy atom. The molecular formula is C9H9NS. The Labute approximate surface area is 71.9 Å². The van der Waals surface area contributed by atoms with Crippen molar-refractivity contribution in [2.75, 3.05) is 0 Å². The van der Waals surface area contributed by atoms with E-state index in [0.29, 0.717) is 0 Å². The summed E-state index contributed by atoms with van der Waals surface area (Å²) in [5.41, 5.74) is 2.64. The van der Waals surface area contributed by atoms with Gasteiger partial charge in [0.2, 0.25) is 0 Å². The summed E-state index contributed by atoms with van der Waals surface area (Å²) >= 11 is 4.23. The minimum Gasteiger partial charge on any atom is -0.321 e. The molecule has 0 N–H and O–H groups in total. The molecule has 0 bridgehead atoms. The van der Waals surface area contributed by atoms with Crippen LogP contribution < -0.4 is 0 Å². The molecule has 1 heterocycles. The molecule has 0 saturated carbocycles. The van der Waals surface area contributed by atoms with E-state index >= 15 is 0 Å². The monoisotopic (exact) mass is 163 g/mol. The van der Waals surface area contributed by atoms with Gasteiger partial charge in [0.05, 0.1) is 6.54 Å². The van der Waals surface area contributed by atoms with Gasteiger partial charge in [-0.1, -0.05) is 37.1 Å². The van der Waals surface area contributed by atoms with Crippen LogP contribution in [0.25, 0.3) is 6.08 Å². The molecule has 1 nitrogen and oxygen atoms in total. The third-order valence-electron chi connectivity index (χ3n) is 1.81. The van der Waals surface area contributed by atoms with Crippen LogP contribution in [0.15, 0.2) is 30.5 Å². The first-order valence-electron chi connectivity index (χ1n) is 3.58. The lowest BCUT2D eigenvalue weighted by Gasteiger charge is -2.18. The van der Waals surface area contributed by atoms with E-state index in [4.69, 9.17) is 0 Å². The first kappa shape index (κ1) is 6.80. The maximum atomic E-state index is 4.23. The van der Waals surface area contributed by atoms with E-state index in [9.17, 15) is 0 Å². The van der Waals surface area contributed by atoms with Crippen molar-refractivity contribution in [1.29, 1.82) is 0 Å². The Bertz CT molecular complexity index is 293. The molecule has 0 aromatic heterocycles. The van der Waals surface area contributed by atoms with Crippen molar-refractivity contribution in [1.82, 2.24) is 4.31 Å². The summed E-state index contributed by atoms with van der Waals surface area (Å²) in [7, 11) is 0. The van der Waals surface area contributed by atoms with Crippen molar-refractivity contribution in [3.05, 3.63) is 41.6 Å². The number of nitrogens with zero attached hydrogens (tertiary/aromatic N) is 1. The molecule has 1 aliphatic rings. The van der Waals surface area contributed by atoms with Crippen LogP contribution in [-0.4, -0.2) is 4.31 Å². The lowest BCUT2D eigenvalue weighted by Crippen LogP contribution is -2.08. The summed E-state index contributed by atoms with van der Waals surface area (Å²) in [6.07, 6.45) is 4.05. The molecule has 0 aliphatic carbocycles. The van der Waals surface area contributed by atoms with Gasteiger partial charge in [-0.25, -0.2) is 0 Å². The van der Waals surface area contributed by atoms with Gasteiger partial charge < -0.3 is 4.31 Å². The van der Waals surface area contributed by atoms with Crippen molar-refractivity contribution in [2.24, 2.45) is 0 Å². The zero-order valence-corrected chi connectivity index (χ0v) is 6.96. The first-order valence-corrected chi connectivity index (χ1v) is 3.98. The number of rotatable bonds is 0. The summed E-state index contributed by atoms with van der Waals surface area (Å²) in [5, 5.41) is 0. The van der Waals surface area contributed by atoms with Crippen molar-refractivity contribution in [2.45, 2.75) is 6.54 Å². The molecule has 0 spiro atoms. The van der Waals surface area contributed by atoms with Crippen LogP contribution in [0.3, 0.4) is 0 Å². The Kier molecular flexibility index (Phi) is 1.62. The summed E-state index contributed by atoms with van der Waals surface area (Å²) in [4.78, 5) is 0. The minimum atomic E-state index is 0.899. The van der Waals surface area contributed by atoms with Gasteiger partial charge in [0.15, 0.2) is 0 Å². The molecule has 56 valence electrons. The molecule has 1 aliphatic heterocycles. The highest BCUT2D eigenvalue weighted by Crippen LogP contribution is 2.19. The smallest absolute Gasteiger partial charge is 0.0543 e. The third kappa shape index (κ3) is 1.26. The fourth-order valence-electron chi connectivity index (χ4n) is 1.23. The van der Waals surface area contributed by atoms with Crippen LogP contribution >= 0.6 is 12.8 Å². The highest BCUT2D eigenvalue weighted by molar-refractivity contribution is 7.77. The summed E-state index contributed by atoms with van der Waals surface area (Å²) in [6, 6.07) is 8.35. The molecule has 0 fully saturated rings. The topological polar surface area (TPSA) is 3.24 Å². The quantitative estimate of drug-likeness (QED) is 0.574. The Morgan fingerprint density at radius 2 is 2.09 bits per heavy atom. The normalized spacial score (nSPS) is 14.8. The van der Waals surface area contributed by atoms with Crippen LogP contribution in [0.5, 0.6) is 0 Å². The van der Waals surface area contributed by atoms with Gasteiger partial charge in [0, 0.05) is 6.20 Å². The van der Waals surface area contributed by atoms with Crippen LogP contribution in [0.2, 0.25) is 0 Å². The number of benzene rings is 1. The molecule has 0 radical (unpaired) electrons.